The Morgan fingerprint density at radius 1 is 1.38 bits per heavy atom. The van der Waals surface area contributed by atoms with Gasteiger partial charge in [0.05, 0.1) is 42.1 Å². The molecule has 182 valence electrons. The molecule has 1 amide bonds. The normalized spacial score (nSPS) is 33.9. The van der Waals surface area contributed by atoms with Crippen molar-refractivity contribution in [3.05, 3.63) is 17.4 Å². The van der Waals surface area contributed by atoms with E-state index in [4.69, 9.17) is 14.0 Å². The number of aromatic nitrogens is 1. The van der Waals surface area contributed by atoms with Crippen molar-refractivity contribution >= 4 is 34.8 Å². The maximum Gasteiger partial charge on any atom is 0.416 e. The highest BCUT2D eigenvalue weighted by molar-refractivity contribution is 6.01. The van der Waals surface area contributed by atoms with Crippen molar-refractivity contribution in [2.24, 2.45) is 10.4 Å². The monoisotopic (exact) mass is 473 g/mol. The van der Waals surface area contributed by atoms with Crippen molar-refractivity contribution < 1.29 is 28.3 Å². The first kappa shape index (κ1) is 21.8. The Balaban J connectivity index is 1.54. The molecule has 0 radical (unpaired) electrons. The van der Waals surface area contributed by atoms with Gasteiger partial charge in [0, 0.05) is 24.7 Å². The molecule has 11 heteroatoms. The van der Waals surface area contributed by atoms with Gasteiger partial charge >= 0.3 is 6.09 Å². The molecule has 0 aliphatic carbocycles. The third-order valence-corrected chi connectivity index (χ3v) is 7.51. The molecular formula is C23H28FN5O5. The van der Waals surface area contributed by atoms with Gasteiger partial charge in [-0.2, -0.15) is 0 Å². The van der Waals surface area contributed by atoms with Crippen LogP contribution in [0.25, 0.3) is 11.0 Å². The quantitative estimate of drug-likeness (QED) is 0.680. The summed E-state index contributed by atoms with van der Waals surface area (Å²) >= 11 is 0. The van der Waals surface area contributed by atoms with Crippen molar-refractivity contribution in [1.29, 1.82) is 0 Å². The molecule has 6 atom stereocenters. The number of cyclic esters (lactones) is 1. The highest BCUT2D eigenvalue weighted by atomic mass is 19.1. The van der Waals surface area contributed by atoms with E-state index in [1.54, 1.807) is 6.92 Å². The summed E-state index contributed by atoms with van der Waals surface area (Å²) in [7, 11) is 0. The number of nitrogens with zero attached hydrogens (tertiary/aromatic N) is 4. The number of hydrogen-bond acceptors (Lipinski definition) is 9. The predicted molar refractivity (Wildman–Crippen MR) is 122 cm³/mol. The van der Waals surface area contributed by atoms with Crippen molar-refractivity contribution in [2.45, 2.75) is 57.6 Å². The maximum atomic E-state index is 16.1. The number of rotatable bonds is 2. The summed E-state index contributed by atoms with van der Waals surface area (Å²) in [6.07, 6.45) is 0.840. The molecule has 5 heterocycles. The first-order valence-electron chi connectivity index (χ1n) is 11.7. The van der Waals surface area contributed by atoms with Gasteiger partial charge in [-0.1, -0.05) is 5.16 Å². The highest BCUT2D eigenvalue weighted by Gasteiger charge is 2.53. The van der Waals surface area contributed by atoms with Crippen molar-refractivity contribution in [3.63, 3.8) is 0 Å². The minimum absolute atomic E-state index is 0.0188. The van der Waals surface area contributed by atoms with Crippen molar-refractivity contribution in [1.82, 2.24) is 10.5 Å². The molecule has 1 aromatic heterocycles. The standard InChI is InChI=1S/C23H28FN5O5/c1-11-6-28-18-14(5-23(8-25-10-26-9-23)20(28)13(3)33-11)4-15-19(17(18)24)34-27-21(15)29-16(12(2)30)7-32-22(29)31/h4,8,11-13,16,20,26,30H,5-7,9-10H2,1-3H3/t11-,12+,13+,16-,20-,23?/m1/s1. The number of nitrogens with one attached hydrogen (secondary N) is 1. The molecule has 1 spiro atoms. The van der Waals surface area contributed by atoms with Gasteiger partial charge in [-0.25, -0.2) is 14.1 Å². The average Bonchev–Trinajstić information content (AvgIpc) is 3.36. The van der Waals surface area contributed by atoms with Crippen LogP contribution in [0.4, 0.5) is 20.7 Å². The number of amides is 1. The number of ether oxygens (including phenoxy) is 2. The van der Waals surface area contributed by atoms with Crippen LogP contribution in [0.5, 0.6) is 0 Å². The fourth-order valence-electron chi connectivity index (χ4n) is 6.23. The fraction of sp³-hybridized carbons (Fsp3) is 0.609. The van der Waals surface area contributed by atoms with Gasteiger partial charge in [-0.3, -0.25) is 10.3 Å². The molecule has 4 aliphatic rings. The second-order valence-corrected chi connectivity index (χ2v) is 9.89. The Kier molecular flexibility index (Phi) is 4.88. The molecule has 0 saturated carbocycles. The maximum absolute atomic E-state index is 16.1. The molecule has 2 fully saturated rings. The topological polar surface area (TPSA) is 113 Å². The van der Waals surface area contributed by atoms with Gasteiger partial charge in [0.1, 0.15) is 12.6 Å². The summed E-state index contributed by atoms with van der Waals surface area (Å²) < 4.78 is 32.9. The van der Waals surface area contributed by atoms with Crippen LogP contribution < -0.4 is 15.1 Å². The Morgan fingerprint density at radius 3 is 2.94 bits per heavy atom. The summed E-state index contributed by atoms with van der Waals surface area (Å²) in [6, 6.07) is 1.12. The molecule has 34 heavy (non-hydrogen) atoms. The lowest BCUT2D eigenvalue weighted by Crippen LogP contribution is -2.67. The third-order valence-electron chi connectivity index (χ3n) is 7.51. The Bertz CT molecular complexity index is 1180. The second kappa shape index (κ2) is 7.62. The predicted octanol–water partition coefficient (Wildman–Crippen LogP) is 1.83. The minimum atomic E-state index is -0.856. The smallest absolute Gasteiger partial charge is 0.416 e. The molecule has 2 aromatic rings. The van der Waals surface area contributed by atoms with E-state index in [-0.39, 0.29) is 41.7 Å². The van der Waals surface area contributed by atoms with E-state index in [1.807, 2.05) is 26.1 Å². The van der Waals surface area contributed by atoms with Gasteiger partial charge in [-0.15, -0.1) is 0 Å². The van der Waals surface area contributed by atoms with Crippen LogP contribution in [0.1, 0.15) is 26.3 Å². The van der Waals surface area contributed by atoms with E-state index in [0.717, 1.165) is 5.56 Å². The summed E-state index contributed by atoms with van der Waals surface area (Å²) in [5.74, 6) is -0.352. The summed E-state index contributed by atoms with van der Waals surface area (Å²) in [6.45, 7) is 7.38. The average molecular weight is 474 g/mol. The molecule has 1 aromatic carbocycles. The van der Waals surface area contributed by atoms with Crippen molar-refractivity contribution in [3.8, 4) is 0 Å². The van der Waals surface area contributed by atoms with E-state index in [9.17, 15) is 9.90 Å². The summed E-state index contributed by atoms with van der Waals surface area (Å²) in [5, 5.41) is 17.9. The summed E-state index contributed by atoms with van der Waals surface area (Å²) in [5.41, 5.74) is 0.887. The first-order chi connectivity index (χ1) is 16.3. The van der Waals surface area contributed by atoms with Gasteiger partial charge < -0.3 is 24.0 Å². The van der Waals surface area contributed by atoms with E-state index < -0.39 is 24.1 Å². The van der Waals surface area contributed by atoms with Crippen LogP contribution >= 0.6 is 0 Å². The molecular weight excluding hydrogens is 445 g/mol. The minimum Gasteiger partial charge on any atom is -0.447 e. The number of carbonyl (C=O) groups excluding carboxylic acids is 1. The van der Waals surface area contributed by atoms with Crippen LogP contribution in [-0.4, -0.2) is 79.3 Å². The fourth-order valence-corrected chi connectivity index (χ4v) is 6.23. The molecule has 2 saturated heterocycles. The molecule has 6 rings (SSSR count). The van der Waals surface area contributed by atoms with Gasteiger partial charge in [0.2, 0.25) is 5.58 Å². The number of anilines is 2. The number of hydrogen-bond donors (Lipinski definition) is 2. The molecule has 4 aliphatic heterocycles. The van der Waals surface area contributed by atoms with E-state index in [1.165, 1.54) is 4.90 Å². The van der Waals surface area contributed by atoms with Gasteiger partial charge in [0.15, 0.2) is 11.6 Å². The zero-order valence-corrected chi connectivity index (χ0v) is 19.3. The highest BCUT2D eigenvalue weighted by Crippen LogP contribution is 2.48. The zero-order valence-electron chi connectivity index (χ0n) is 19.3. The van der Waals surface area contributed by atoms with Crippen LogP contribution in [0.3, 0.4) is 0 Å². The number of benzene rings is 1. The number of halogens is 1. The lowest BCUT2D eigenvalue weighted by molar-refractivity contribution is -0.0522. The molecule has 2 N–H and O–H groups in total. The second-order valence-electron chi connectivity index (χ2n) is 9.89. The van der Waals surface area contributed by atoms with Gasteiger partial charge in [0.25, 0.3) is 0 Å². The van der Waals surface area contributed by atoms with E-state index in [2.05, 4.69) is 20.4 Å². The van der Waals surface area contributed by atoms with E-state index in [0.29, 0.717) is 37.3 Å². The number of fused-ring (bicyclic) bond motifs is 5. The Morgan fingerprint density at radius 2 is 2.21 bits per heavy atom. The third kappa shape index (κ3) is 2.99. The number of morpholine rings is 1. The van der Waals surface area contributed by atoms with Crippen molar-refractivity contribution in [2.75, 3.05) is 36.2 Å². The SMILES string of the molecule is C[C@@H]1CN2c3c(cc4c(N5C(=O)OC[C@@H]5[C@H](C)O)noc4c3F)CC3(C=NCNC3)[C@H]2[C@H](C)O1. The van der Waals surface area contributed by atoms with Crippen LogP contribution in [0, 0.1) is 11.2 Å². The van der Waals surface area contributed by atoms with Gasteiger partial charge in [-0.05, 0) is 38.8 Å². The number of aliphatic imine (C=N–C) groups is 1. The van der Waals surface area contributed by atoms with Crippen LogP contribution in [0.15, 0.2) is 15.6 Å². The largest absolute Gasteiger partial charge is 0.447 e. The number of aliphatic hydroxyl groups excluding tert-OH is 1. The Labute approximate surface area is 195 Å². The first-order valence-corrected chi connectivity index (χ1v) is 11.7. The lowest BCUT2D eigenvalue weighted by atomic mass is 9.68. The lowest BCUT2D eigenvalue weighted by Gasteiger charge is -2.56. The van der Waals surface area contributed by atoms with Crippen LogP contribution in [0.2, 0.25) is 0 Å². The molecule has 0 bridgehead atoms. The van der Waals surface area contributed by atoms with E-state index >= 15 is 4.39 Å². The zero-order chi connectivity index (χ0) is 23.8. The summed E-state index contributed by atoms with van der Waals surface area (Å²) in [4.78, 5) is 20.4. The Hall–Kier alpha value is -2.76. The molecule has 10 nitrogen and oxygen atoms in total. The molecule has 1 unspecified atom stereocenters. The number of carbonyl (C=O) groups is 1. The number of aliphatic hydroxyl groups is 1. The van der Waals surface area contributed by atoms with Crippen LogP contribution in [-0.2, 0) is 15.9 Å².